The van der Waals surface area contributed by atoms with E-state index in [1.54, 1.807) is 7.11 Å². The van der Waals surface area contributed by atoms with Gasteiger partial charge in [0.1, 0.15) is 23.3 Å². The van der Waals surface area contributed by atoms with Crippen molar-refractivity contribution in [2.45, 2.75) is 32.0 Å². The summed E-state index contributed by atoms with van der Waals surface area (Å²) in [5.74, 6) is 2.29. The van der Waals surface area contributed by atoms with Gasteiger partial charge in [-0.15, -0.1) is 0 Å². The lowest BCUT2D eigenvalue weighted by Crippen LogP contribution is -2.30. The molecular formula is C28H28N4O2S. The quantitative estimate of drug-likeness (QED) is 0.305. The van der Waals surface area contributed by atoms with Crippen LogP contribution in [-0.2, 0) is 0 Å². The summed E-state index contributed by atoms with van der Waals surface area (Å²) < 4.78 is 13.5. The lowest BCUT2D eigenvalue weighted by Gasteiger charge is -2.30. The number of rotatable bonds is 7. The molecule has 7 heteroatoms. The molecule has 0 radical (unpaired) electrons. The molecule has 2 atom stereocenters. The molecule has 2 aromatic carbocycles. The van der Waals surface area contributed by atoms with Crippen LogP contribution >= 0.6 is 12.2 Å². The maximum absolute atomic E-state index is 6.03. The van der Waals surface area contributed by atoms with Crippen molar-refractivity contribution >= 4 is 23.0 Å². The predicted molar refractivity (Wildman–Crippen MR) is 142 cm³/mol. The molecule has 2 aromatic heterocycles. The standard InChI is InChI=1S/C28H28N4O2S/c1-19(2)31-18-6-8-25(31)27-26(24-7-4-5-17-29-24)30-28(35)32(27)20-9-11-22(12-10-20)34-23-15-13-21(33-3)14-16-23/h4-19,26-27H,1-3H3,(H,30,35). The average Bonchev–Trinajstić information content (AvgIpc) is 3.50. The molecule has 1 fully saturated rings. The molecule has 35 heavy (non-hydrogen) atoms. The summed E-state index contributed by atoms with van der Waals surface area (Å²) >= 11 is 5.86. The highest BCUT2D eigenvalue weighted by molar-refractivity contribution is 7.80. The van der Waals surface area contributed by atoms with Crippen molar-refractivity contribution in [2.75, 3.05) is 12.0 Å². The summed E-state index contributed by atoms with van der Waals surface area (Å²) in [6.45, 7) is 4.38. The monoisotopic (exact) mass is 484 g/mol. The highest BCUT2D eigenvalue weighted by Crippen LogP contribution is 2.42. The van der Waals surface area contributed by atoms with Gasteiger partial charge in [0.05, 0.1) is 18.8 Å². The minimum absolute atomic E-state index is 0.0526. The molecule has 2 unspecified atom stereocenters. The Labute approximate surface area is 211 Å². The molecule has 1 N–H and O–H groups in total. The number of anilines is 1. The number of nitrogens with zero attached hydrogens (tertiary/aromatic N) is 3. The first-order valence-electron chi connectivity index (χ1n) is 11.6. The third-order valence-corrected chi connectivity index (χ3v) is 6.49. The van der Waals surface area contributed by atoms with Crippen LogP contribution in [0, 0.1) is 0 Å². The molecule has 0 spiro atoms. The molecule has 1 saturated heterocycles. The first-order valence-corrected chi connectivity index (χ1v) is 12.1. The molecule has 6 nitrogen and oxygen atoms in total. The molecule has 1 aliphatic rings. The number of ether oxygens (including phenoxy) is 2. The maximum Gasteiger partial charge on any atom is 0.174 e. The van der Waals surface area contributed by atoms with Crippen LogP contribution in [0.3, 0.4) is 0 Å². The molecule has 4 aromatic rings. The summed E-state index contributed by atoms with van der Waals surface area (Å²) in [6.07, 6.45) is 3.95. The van der Waals surface area contributed by atoms with Crippen molar-refractivity contribution in [3.05, 3.63) is 103 Å². The smallest absolute Gasteiger partial charge is 0.174 e. The third-order valence-electron chi connectivity index (χ3n) is 6.18. The van der Waals surface area contributed by atoms with Crippen LogP contribution in [-0.4, -0.2) is 21.8 Å². The number of nitrogens with one attached hydrogen (secondary N) is 1. The summed E-state index contributed by atoms with van der Waals surface area (Å²) in [4.78, 5) is 6.82. The van der Waals surface area contributed by atoms with Crippen molar-refractivity contribution < 1.29 is 9.47 Å². The molecule has 3 heterocycles. The number of aromatic nitrogens is 2. The normalized spacial score (nSPS) is 17.5. The van der Waals surface area contributed by atoms with Gasteiger partial charge in [-0.1, -0.05) is 6.07 Å². The van der Waals surface area contributed by atoms with E-state index in [-0.39, 0.29) is 12.1 Å². The Bertz CT molecular complexity index is 1290. The summed E-state index contributed by atoms with van der Waals surface area (Å²) in [5.41, 5.74) is 3.13. The van der Waals surface area contributed by atoms with E-state index >= 15 is 0 Å². The molecule has 178 valence electrons. The van der Waals surface area contributed by atoms with E-state index in [2.05, 4.69) is 51.9 Å². The van der Waals surface area contributed by atoms with Gasteiger partial charge in [-0.05, 0) is 98.9 Å². The van der Waals surface area contributed by atoms with E-state index in [1.807, 2.05) is 72.9 Å². The highest BCUT2D eigenvalue weighted by Gasteiger charge is 2.42. The number of benzene rings is 2. The Morgan fingerprint density at radius 1 is 0.886 bits per heavy atom. The molecule has 1 aliphatic heterocycles. The molecule has 0 aliphatic carbocycles. The number of pyridine rings is 1. The fourth-order valence-corrected chi connectivity index (χ4v) is 4.86. The first-order chi connectivity index (χ1) is 17.0. The van der Waals surface area contributed by atoms with Crippen molar-refractivity contribution in [1.29, 1.82) is 0 Å². The average molecular weight is 485 g/mol. The first kappa shape index (κ1) is 22.9. The summed E-state index contributed by atoms with van der Waals surface area (Å²) in [6, 6.07) is 26.0. The lowest BCUT2D eigenvalue weighted by molar-refractivity contribution is 0.413. The van der Waals surface area contributed by atoms with Crippen LogP contribution in [0.1, 0.15) is 43.4 Å². The second kappa shape index (κ2) is 9.80. The van der Waals surface area contributed by atoms with Crippen molar-refractivity contribution in [3.8, 4) is 17.2 Å². The molecule has 0 amide bonds. The number of methoxy groups -OCH3 is 1. The largest absolute Gasteiger partial charge is 0.497 e. The van der Waals surface area contributed by atoms with E-state index in [0.29, 0.717) is 11.2 Å². The van der Waals surface area contributed by atoms with Crippen LogP contribution in [0.5, 0.6) is 17.2 Å². The van der Waals surface area contributed by atoms with E-state index in [4.69, 9.17) is 21.7 Å². The van der Waals surface area contributed by atoms with Gasteiger partial charge in [0.25, 0.3) is 0 Å². The zero-order valence-electron chi connectivity index (χ0n) is 20.0. The second-order valence-electron chi connectivity index (χ2n) is 8.70. The zero-order valence-corrected chi connectivity index (χ0v) is 20.8. The molecule has 0 bridgehead atoms. The van der Waals surface area contributed by atoms with Gasteiger partial charge >= 0.3 is 0 Å². The topological polar surface area (TPSA) is 51.6 Å². The van der Waals surface area contributed by atoms with Gasteiger partial charge in [-0.3, -0.25) is 4.98 Å². The summed E-state index contributed by atoms with van der Waals surface area (Å²) in [5, 5.41) is 4.20. The fraction of sp³-hybridized carbons (Fsp3) is 0.214. The van der Waals surface area contributed by atoms with Gasteiger partial charge in [0.15, 0.2) is 5.11 Å². The Hall–Kier alpha value is -3.84. The number of thiocarbonyl (C=S) groups is 1. The van der Waals surface area contributed by atoms with E-state index in [0.717, 1.165) is 28.6 Å². The summed E-state index contributed by atoms with van der Waals surface area (Å²) in [7, 11) is 1.65. The number of hydrogen-bond donors (Lipinski definition) is 1. The third kappa shape index (κ3) is 4.59. The van der Waals surface area contributed by atoms with Gasteiger partial charge in [0, 0.05) is 29.8 Å². The highest BCUT2D eigenvalue weighted by atomic mass is 32.1. The van der Waals surface area contributed by atoms with Crippen LogP contribution < -0.4 is 19.7 Å². The lowest BCUT2D eigenvalue weighted by atomic mass is 10.0. The minimum Gasteiger partial charge on any atom is -0.497 e. The van der Waals surface area contributed by atoms with E-state index < -0.39 is 0 Å². The Balaban J connectivity index is 1.48. The predicted octanol–water partition coefficient (Wildman–Crippen LogP) is 6.44. The van der Waals surface area contributed by atoms with Gasteiger partial charge in [-0.25, -0.2) is 0 Å². The second-order valence-corrected chi connectivity index (χ2v) is 9.09. The number of hydrogen-bond acceptors (Lipinski definition) is 4. The fourth-order valence-electron chi connectivity index (χ4n) is 4.52. The van der Waals surface area contributed by atoms with E-state index in [9.17, 15) is 0 Å². The van der Waals surface area contributed by atoms with Gasteiger partial charge < -0.3 is 24.3 Å². The Kier molecular flexibility index (Phi) is 6.42. The van der Waals surface area contributed by atoms with Crippen molar-refractivity contribution in [1.82, 2.24) is 14.9 Å². The van der Waals surface area contributed by atoms with Crippen molar-refractivity contribution in [2.24, 2.45) is 0 Å². The van der Waals surface area contributed by atoms with Gasteiger partial charge in [0.2, 0.25) is 0 Å². The molecular weight excluding hydrogens is 456 g/mol. The van der Waals surface area contributed by atoms with Crippen LogP contribution in [0.2, 0.25) is 0 Å². The van der Waals surface area contributed by atoms with Crippen LogP contribution in [0.25, 0.3) is 0 Å². The maximum atomic E-state index is 6.03. The zero-order chi connectivity index (χ0) is 24.4. The Morgan fingerprint density at radius 3 is 2.20 bits per heavy atom. The molecule has 0 saturated carbocycles. The van der Waals surface area contributed by atoms with Crippen molar-refractivity contribution in [3.63, 3.8) is 0 Å². The van der Waals surface area contributed by atoms with Crippen LogP contribution in [0.15, 0.2) is 91.3 Å². The van der Waals surface area contributed by atoms with Gasteiger partial charge in [-0.2, -0.15) is 0 Å². The molecule has 5 rings (SSSR count). The SMILES string of the molecule is COc1ccc(Oc2ccc(N3C(=S)NC(c4ccccn4)C3c3cccn3C(C)C)cc2)cc1. The van der Waals surface area contributed by atoms with Crippen LogP contribution in [0.4, 0.5) is 5.69 Å². The minimum atomic E-state index is -0.0775. The Morgan fingerprint density at radius 2 is 1.57 bits per heavy atom. The van der Waals surface area contributed by atoms with E-state index in [1.165, 1.54) is 5.69 Å².